The van der Waals surface area contributed by atoms with Crippen molar-refractivity contribution in [2.24, 2.45) is 0 Å². The Balaban J connectivity index is 1.83. The molecular weight excluding hydrogens is 451 g/mol. The van der Waals surface area contributed by atoms with Gasteiger partial charge in [0.05, 0.1) is 23.7 Å². The lowest BCUT2D eigenvalue weighted by Gasteiger charge is -2.24. The molecule has 0 spiro atoms. The van der Waals surface area contributed by atoms with Gasteiger partial charge in [-0.15, -0.1) is 0 Å². The topological polar surface area (TPSA) is 78.1 Å². The number of benzene rings is 2. The summed E-state index contributed by atoms with van der Waals surface area (Å²) in [4.78, 5) is 12.5. The van der Waals surface area contributed by atoms with Crippen molar-refractivity contribution in [3.05, 3.63) is 64.3 Å². The van der Waals surface area contributed by atoms with E-state index in [1.807, 2.05) is 24.3 Å². The van der Waals surface area contributed by atoms with Gasteiger partial charge in [-0.3, -0.25) is 4.79 Å². The largest absolute Gasteiger partial charge is 0.417 e. The Kier molecular flexibility index (Phi) is 5.43. The zero-order chi connectivity index (χ0) is 21.4. The number of aromatic nitrogens is 1. The van der Waals surface area contributed by atoms with Gasteiger partial charge in [0.15, 0.2) is 5.60 Å². The zero-order valence-electron chi connectivity index (χ0n) is 15.1. The van der Waals surface area contributed by atoms with Gasteiger partial charge in [-0.25, -0.2) is 0 Å². The average molecular weight is 466 g/mol. The Bertz CT molecular complexity index is 1130. The summed E-state index contributed by atoms with van der Waals surface area (Å²) < 4.78 is 41.9. The summed E-state index contributed by atoms with van der Waals surface area (Å²) in [6.45, 7) is 1.17. The number of anilines is 1. The number of nitrogens with one attached hydrogen (secondary N) is 1. The molecule has 0 bridgehead atoms. The number of hydrogen-bond acceptors (Lipinski definition) is 3. The van der Waals surface area contributed by atoms with E-state index in [0.29, 0.717) is 6.07 Å². The van der Waals surface area contributed by atoms with Crippen LogP contribution in [-0.4, -0.2) is 21.2 Å². The van der Waals surface area contributed by atoms with Gasteiger partial charge in [0.2, 0.25) is 0 Å². The summed E-state index contributed by atoms with van der Waals surface area (Å²) in [6, 6.07) is 11.7. The lowest BCUT2D eigenvalue weighted by atomic mass is 10.0. The number of carbonyl (C=O) groups excluding carboxylic acids is 1. The van der Waals surface area contributed by atoms with Crippen LogP contribution >= 0.6 is 15.9 Å². The molecule has 3 rings (SSSR count). The molecule has 3 aromatic rings. The first-order valence-electron chi connectivity index (χ1n) is 8.41. The molecule has 1 aromatic heterocycles. The van der Waals surface area contributed by atoms with Crippen molar-refractivity contribution in [3.63, 3.8) is 0 Å². The fraction of sp³-hybridized carbons (Fsp3) is 0.200. The Morgan fingerprint density at radius 3 is 2.62 bits per heavy atom. The lowest BCUT2D eigenvalue weighted by molar-refractivity contribution is -0.138. The van der Waals surface area contributed by atoms with Crippen LogP contribution in [0.15, 0.2) is 53.1 Å². The van der Waals surface area contributed by atoms with E-state index in [4.69, 9.17) is 5.26 Å². The van der Waals surface area contributed by atoms with Crippen LogP contribution in [-0.2, 0) is 17.5 Å². The normalized spacial score (nSPS) is 13.7. The molecule has 0 saturated heterocycles. The molecule has 0 aliphatic carbocycles. The van der Waals surface area contributed by atoms with E-state index in [1.54, 1.807) is 10.8 Å². The number of carbonyl (C=O) groups is 1. The van der Waals surface area contributed by atoms with Gasteiger partial charge >= 0.3 is 6.18 Å². The van der Waals surface area contributed by atoms with Crippen molar-refractivity contribution >= 4 is 38.4 Å². The van der Waals surface area contributed by atoms with Crippen LogP contribution in [0.1, 0.15) is 18.1 Å². The van der Waals surface area contributed by atoms with Crippen molar-refractivity contribution in [2.45, 2.75) is 25.2 Å². The van der Waals surface area contributed by atoms with Crippen molar-refractivity contribution in [3.8, 4) is 6.07 Å². The maximum Gasteiger partial charge on any atom is 0.417 e. The first-order chi connectivity index (χ1) is 13.5. The number of alkyl halides is 3. The van der Waals surface area contributed by atoms with Crippen LogP contribution in [0, 0.1) is 11.3 Å². The zero-order valence-corrected chi connectivity index (χ0v) is 16.7. The van der Waals surface area contributed by atoms with Gasteiger partial charge in [0.1, 0.15) is 0 Å². The number of nitriles is 1. The third-order valence-electron chi connectivity index (χ3n) is 4.40. The first-order valence-corrected chi connectivity index (χ1v) is 9.20. The molecule has 0 aliphatic rings. The predicted octanol–water partition coefficient (Wildman–Crippen LogP) is 4.68. The van der Waals surface area contributed by atoms with Crippen LogP contribution in [0.3, 0.4) is 0 Å². The summed E-state index contributed by atoms with van der Waals surface area (Å²) in [5.41, 5.74) is -2.97. The maximum absolute atomic E-state index is 13.1. The number of nitrogens with zero attached hydrogens (tertiary/aromatic N) is 2. The standard InChI is InChI=1S/C20H15BrF3N3O2/c1-19(29,11-27-7-6-12-8-14(21)3-5-17(12)27)18(28)26-15-4-2-13(10-25)16(9-15)20(22,23)24/h2-9,29H,11H2,1H3,(H,26,28)/t19-/m0/s1. The fourth-order valence-corrected chi connectivity index (χ4v) is 3.31. The molecule has 5 nitrogen and oxygen atoms in total. The van der Waals surface area contributed by atoms with Gasteiger partial charge in [-0.05, 0) is 49.4 Å². The summed E-state index contributed by atoms with van der Waals surface area (Å²) in [7, 11) is 0. The number of rotatable bonds is 4. The average Bonchev–Trinajstić information content (AvgIpc) is 3.02. The van der Waals surface area contributed by atoms with E-state index in [9.17, 15) is 23.1 Å². The van der Waals surface area contributed by atoms with Crippen molar-refractivity contribution in [1.82, 2.24) is 4.57 Å². The molecule has 29 heavy (non-hydrogen) atoms. The van der Waals surface area contributed by atoms with E-state index in [0.717, 1.165) is 21.4 Å². The molecule has 0 aliphatic heterocycles. The van der Waals surface area contributed by atoms with E-state index >= 15 is 0 Å². The minimum absolute atomic E-state index is 0.105. The third kappa shape index (κ3) is 4.44. The van der Waals surface area contributed by atoms with Gasteiger partial charge in [0, 0.05) is 27.3 Å². The molecule has 1 amide bonds. The van der Waals surface area contributed by atoms with Crippen molar-refractivity contribution in [2.75, 3.05) is 5.32 Å². The van der Waals surface area contributed by atoms with Crippen molar-refractivity contribution in [1.29, 1.82) is 5.26 Å². The molecule has 0 radical (unpaired) electrons. The molecule has 2 N–H and O–H groups in total. The van der Waals surface area contributed by atoms with Crippen LogP contribution in [0.5, 0.6) is 0 Å². The molecule has 150 valence electrons. The van der Waals surface area contributed by atoms with E-state index < -0.39 is 28.8 Å². The van der Waals surface area contributed by atoms with E-state index in [-0.39, 0.29) is 12.2 Å². The van der Waals surface area contributed by atoms with Crippen LogP contribution in [0.25, 0.3) is 10.9 Å². The molecule has 2 aromatic carbocycles. The third-order valence-corrected chi connectivity index (χ3v) is 4.90. The molecule has 0 fully saturated rings. The molecule has 1 atom stereocenters. The minimum Gasteiger partial charge on any atom is -0.378 e. The van der Waals surface area contributed by atoms with Crippen LogP contribution in [0.4, 0.5) is 18.9 Å². The second-order valence-corrected chi connectivity index (χ2v) is 7.66. The number of fused-ring (bicyclic) bond motifs is 1. The highest BCUT2D eigenvalue weighted by Crippen LogP contribution is 2.33. The van der Waals surface area contributed by atoms with Crippen LogP contribution < -0.4 is 5.32 Å². The Morgan fingerprint density at radius 1 is 1.24 bits per heavy atom. The fourth-order valence-electron chi connectivity index (χ4n) is 2.93. The lowest BCUT2D eigenvalue weighted by Crippen LogP contribution is -2.43. The van der Waals surface area contributed by atoms with E-state index in [2.05, 4.69) is 21.2 Å². The molecule has 9 heteroatoms. The number of halogens is 4. The Labute approximate surface area is 172 Å². The van der Waals surface area contributed by atoms with Gasteiger partial charge in [-0.2, -0.15) is 18.4 Å². The molecular formula is C20H15BrF3N3O2. The highest BCUT2D eigenvalue weighted by molar-refractivity contribution is 9.10. The van der Waals surface area contributed by atoms with Crippen molar-refractivity contribution < 1.29 is 23.1 Å². The SMILES string of the molecule is C[C@](O)(Cn1ccc2cc(Br)ccc21)C(=O)Nc1ccc(C#N)c(C(F)(F)F)c1. The van der Waals surface area contributed by atoms with Crippen LogP contribution in [0.2, 0.25) is 0 Å². The summed E-state index contributed by atoms with van der Waals surface area (Å²) in [5, 5.41) is 22.7. The summed E-state index contributed by atoms with van der Waals surface area (Å²) >= 11 is 3.37. The highest BCUT2D eigenvalue weighted by Gasteiger charge is 2.35. The highest BCUT2D eigenvalue weighted by atomic mass is 79.9. The van der Waals surface area contributed by atoms with Gasteiger partial charge < -0.3 is 15.0 Å². The number of hydrogen-bond donors (Lipinski definition) is 2. The molecule has 1 heterocycles. The second-order valence-electron chi connectivity index (χ2n) is 6.74. The maximum atomic E-state index is 13.1. The number of amides is 1. The summed E-state index contributed by atoms with van der Waals surface area (Å²) in [6.07, 6.45) is -3.03. The monoisotopic (exact) mass is 465 g/mol. The van der Waals surface area contributed by atoms with Gasteiger partial charge in [0.25, 0.3) is 5.91 Å². The van der Waals surface area contributed by atoms with Gasteiger partial charge in [-0.1, -0.05) is 15.9 Å². The quantitative estimate of drug-likeness (QED) is 0.586. The summed E-state index contributed by atoms with van der Waals surface area (Å²) in [5.74, 6) is -0.866. The first kappa shape index (κ1) is 20.9. The molecule has 0 saturated carbocycles. The smallest absolute Gasteiger partial charge is 0.378 e. The second kappa shape index (κ2) is 7.54. The predicted molar refractivity (Wildman–Crippen MR) is 105 cm³/mol. The number of aliphatic hydroxyl groups is 1. The van der Waals surface area contributed by atoms with E-state index in [1.165, 1.54) is 19.1 Å². The minimum atomic E-state index is -4.74. The molecule has 0 unspecified atom stereocenters. The Hall–Kier alpha value is -2.83. The Morgan fingerprint density at radius 2 is 1.97 bits per heavy atom.